The van der Waals surface area contributed by atoms with Crippen molar-refractivity contribution in [3.63, 3.8) is 0 Å². The first-order chi connectivity index (χ1) is 15.6. The summed E-state index contributed by atoms with van der Waals surface area (Å²) in [4.78, 5) is 31.0. The molecular weight excluding hydrogens is 407 g/mol. The zero-order valence-corrected chi connectivity index (χ0v) is 17.7. The van der Waals surface area contributed by atoms with Crippen LogP contribution in [-0.4, -0.2) is 28.5 Å². The molecule has 0 N–H and O–H groups in total. The molecule has 6 heteroatoms. The van der Waals surface area contributed by atoms with Crippen molar-refractivity contribution in [1.82, 2.24) is 9.88 Å². The number of halogens is 1. The Morgan fingerprint density at radius 2 is 1.84 bits per heavy atom. The summed E-state index contributed by atoms with van der Waals surface area (Å²) in [5, 5.41) is 0.873. The average Bonchev–Trinajstić information content (AvgIpc) is 3.21. The van der Waals surface area contributed by atoms with Crippen LogP contribution in [0.25, 0.3) is 10.9 Å². The fraction of sp³-hybridized carbons (Fsp3) is 0.346. The van der Waals surface area contributed by atoms with Gasteiger partial charge in [-0.05, 0) is 72.9 Å². The number of nitrogens with zero attached hydrogens (tertiary/aromatic N) is 2. The second kappa shape index (κ2) is 8.69. The van der Waals surface area contributed by atoms with Crippen molar-refractivity contribution in [2.45, 2.75) is 44.1 Å². The fourth-order valence-corrected chi connectivity index (χ4v) is 5.14. The molecule has 2 amide bonds. The first-order valence-corrected chi connectivity index (χ1v) is 11.2. The summed E-state index contributed by atoms with van der Waals surface area (Å²) in [5.74, 6) is 0.133. The second-order valence-electron chi connectivity index (χ2n) is 8.75. The van der Waals surface area contributed by atoms with E-state index in [-0.39, 0.29) is 30.3 Å². The molecule has 2 heterocycles. The van der Waals surface area contributed by atoms with Crippen LogP contribution in [0.1, 0.15) is 55.2 Å². The number of cyclic esters (lactones) is 1. The van der Waals surface area contributed by atoms with Crippen molar-refractivity contribution < 1.29 is 18.7 Å². The van der Waals surface area contributed by atoms with Crippen LogP contribution < -0.4 is 0 Å². The molecule has 2 aliphatic rings. The average molecular weight is 432 g/mol. The van der Waals surface area contributed by atoms with Gasteiger partial charge in [0.2, 0.25) is 5.91 Å². The van der Waals surface area contributed by atoms with Gasteiger partial charge >= 0.3 is 6.09 Å². The monoisotopic (exact) mass is 432 g/mol. The Hall–Kier alpha value is -3.28. The Balaban J connectivity index is 1.25. The van der Waals surface area contributed by atoms with Crippen LogP contribution in [0.4, 0.5) is 9.18 Å². The zero-order valence-electron chi connectivity index (χ0n) is 17.7. The van der Waals surface area contributed by atoms with Crippen molar-refractivity contribution >= 4 is 22.9 Å². The highest BCUT2D eigenvalue weighted by Crippen LogP contribution is 2.40. The minimum absolute atomic E-state index is 0.166. The zero-order chi connectivity index (χ0) is 22.1. The van der Waals surface area contributed by atoms with Crippen LogP contribution in [0, 0.1) is 11.7 Å². The maximum atomic E-state index is 13.8. The molecule has 5 nitrogen and oxygen atoms in total. The van der Waals surface area contributed by atoms with Gasteiger partial charge in [0.15, 0.2) is 0 Å². The number of fused-ring (bicyclic) bond motifs is 1. The van der Waals surface area contributed by atoms with Gasteiger partial charge in [0, 0.05) is 18.0 Å². The minimum atomic E-state index is -0.553. The number of benzene rings is 2. The quantitative estimate of drug-likeness (QED) is 0.526. The van der Waals surface area contributed by atoms with E-state index in [1.807, 2.05) is 36.4 Å². The van der Waals surface area contributed by atoms with E-state index in [1.165, 1.54) is 11.0 Å². The molecule has 0 radical (unpaired) electrons. The number of carbonyl (C=O) groups is 2. The minimum Gasteiger partial charge on any atom is -0.446 e. The van der Waals surface area contributed by atoms with Gasteiger partial charge < -0.3 is 4.74 Å². The summed E-state index contributed by atoms with van der Waals surface area (Å²) < 4.78 is 19.0. The molecule has 1 aliphatic carbocycles. The summed E-state index contributed by atoms with van der Waals surface area (Å²) in [6, 6.07) is 15.9. The third kappa shape index (κ3) is 3.97. The van der Waals surface area contributed by atoms with E-state index in [9.17, 15) is 14.0 Å². The lowest BCUT2D eigenvalue weighted by molar-refractivity contribution is -0.130. The SMILES string of the molecule is O=C(CC1CCC(c2ccnc3ccc(F)cc23)CC1)N1C(=O)OC[C@@H]1c1ccccc1. The number of pyridine rings is 1. The van der Waals surface area contributed by atoms with E-state index >= 15 is 0 Å². The van der Waals surface area contributed by atoms with E-state index < -0.39 is 6.09 Å². The number of rotatable bonds is 4. The van der Waals surface area contributed by atoms with Crippen molar-refractivity contribution in [2.75, 3.05) is 6.61 Å². The Morgan fingerprint density at radius 1 is 1.06 bits per heavy atom. The van der Waals surface area contributed by atoms with Gasteiger partial charge in [-0.25, -0.2) is 14.1 Å². The van der Waals surface area contributed by atoms with E-state index in [0.717, 1.165) is 47.7 Å². The van der Waals surface area contributed by atoms with Crippen LogP contribution in [0.5, 0.6) is 0 Å². The summed E-state index contributed by atoms with van der Waals surface area (Å²) in [5.41, 5.74) is 2.85. The standard InChI is InChI=1S/C26H25FN2O3/c27-20-10-11-23-22(15-20)21(12-13-28-23)18-8-6-17(7-9-18)14-25(30)29-24(16-32-26(29)31)19-4-2-1-3-5-19/h1-5,10-13,15,17-18,24H,6-9,14,16H2/t17?,18?,24-/m1/s1. The molecule has 1 aliphatic heterocycles. The first-order valence-electron chi connectivity index (χ1n) is 11.2. The van der Waals surface area contributed by atoms with Gasteiger partial charge in [-0.2, -0.15) is 0 Å². The Kier molecular flexibility index (Phi) is 5.60. The molecule has 32 heavy (non-hydrogen) atoms. The van der Waals surface area contributed by atoms with Gasteiger partial charge in [-0.1, -0.05) is 30.3 Å². The van der Waals surface area contributed by atoms with Crippen LogP contribution in [-0.2, 0) is 9.53 Å². The predicted molar refractivity (Wildman–Crippen MR) is 118 cm³/mol. The number of carbonyl (C=O) groups excluding carboxylic acids is 2. The summed E-state index contributed by atoms with van der Waals surface area (Å²) in [7, 11) is 0. The van der Waals surface area contributed by atoms with Gasteiger partial charge in [0.25, 0.3) is 0 Å². The summed E-state index contributed by atoms with van der Waals surface area (Å²) in [6.45, 7) is 0.201. The van der Waals surface area contributed by atoms with Crippen molar-refractivity contribution in [3.8, 4) is 0 Å². The molecule has 164 valence electrons. The lowest BCUT2D eigenvalue weighted by atomic mass is 9.76. The van der Waals surface area contributed by atoms with Gasteiger partial charge in [-0.3, -0.25) is 9.78 Å². The van der Waals surface area contributed by atoms with Gasteiger partial charge in [-0.15, -0.1) is 0 Å². The molecule has 2 fully saturated rings. The molecule has 1 aromatic heterocycles. The lowest BCUT2D eigenvalue weighted by Crippen LogP contribution is -2.35. The first kappa shape index (κ1) is 20.6. The molecule has 5 rings (SSSR count). The van der Waals surface area contributed by atoms with Crippen molar-refractivity contribution in [1.29, 1.82) is 0 Å². The molecule has 1 saturated carbocycles. The molecule has 0 bridgehead atoms. The fourth-order valence-electron chi connectivity index (χ4n) is 5.14. The van der Waals surface area contributed by atoms with Crippen LogP contribution in [0.15, 0.2) is 60.8 Å². The van der Waals surface area contributed by atoms with E-state index in [4.69, 9.17) is 4.74 Å². The topological polar surface area (TPSA) is 59.5 Å². The maximum Gasteiger partial charge on any atom is 0.417 e. The lowest BCUT2D eigenvalue weighted by Gasteiger charge is -2.30. The molecule has 0 unspecified atom stereocenters. The molecule has 0 spiro atoms. The highest BCUT2D eigenvalue weighted by atomic mass is 19.1. The maximum absolute atomic E-state index is 13.8. The molecular formula is C26H25FN2O3. The number of imide groups is 1. The van der Waals surface area contributed by atoms with Crippen LogP contribution >= 0.6 is 0 Å². The summed E-state index contributed by atoms with van der Waals surface area (Å²) >= 11 is 0. The molecule has 1 atom stereocenters. The molecule has 2 aromatic carbocycles. The third-order valence-corrected chi connectivity index (χ3v) is 6.81. The largest absolute Gasteiger partial charge is 0.446 e. The van der Waals surface area contributed by atoms with Gasteiger partial charge in [0.05, 0.1) is 5.52 Å². The van der Waals surface area contributed by atoms with Crippen molar-refractivity contribution in [2.24, 2.45) is 5.92 Å². The van der Waals surface area contributed by atoms with Crippen molar-refractivity contribution in [3.05, 3.63) is 77.7 Å². The number of hydrogen-bond donors (Lipinski definition) is 0. The van der Waals surface area contributed by atoms with Crippen LogP contribution in [0.3, 0.4) is 0 Å². The van der Waals surface area contributed by atoms with E-state index in [1.54, 1.807) is 18.3 Å². The predicted octanol–water partition coefficient (Wildman–Crippen LogP) is 5.76. The Morgan fingerprint density at radius 3 is 2.62 bits per heavy atom. The highest BCUT2D eigenvalue weighted by molar-refractivity contribution is 5.93. The number of amides is 2. The molecule has 3 aromatic rings. The Labute approximate surface area is 186 Å². The second-order valence-corrected chi connectivity index (χ2v) is 8.75. The summed E-state index contributed by atoms with van der Waals surface area (Å²) in [6.07, 6.45) is 5.23. The normalized spacial score (nSPS) is 23.3. The van der Waals surface area contributed by atoms with E-state index in [2.05, 4.69) is 4.98 Å². The highest BCUT2D eigenvalue weighted by Gasteiger charge is 2.39. The number of hydrogen-bond acceptors (Lipinski definition) is 4. The third-order valence-electron chi connectivity index (χ3n) is 6.81. The van der Waals surface area contributed by atoms with E-state index in [0.29, 0.717) is 12.3 Å². The van der Waals surface area contributed by atoms with Crippen LogP contribution in [0.2, 0.25) is 0 Å². The Bertz CT molecular complexity index is 1140. The number of ether oxygens (including phenoxy) is 1. The van der Waals surface area contributed by atoms with Gasteiger partial charge in [0.1, 0.15) is 18.5 Å². The smallest absolute Gasteiger partial charge is 0.417 e. The molecule has 1 saturated heterocycles. The number of aromatic nitrogens is 1.